The molecular formula is C11H4F6NS. The zero-order chi connectivity index (χ0) is 14.3. The van der Waals surface area contributed by atoms with Crippen LogP contribution in [0.5, 0.6) is 0 Å². The summed E-state index contributed by atoms with van der Waals surface area (Å²) in [5.74, 6) is 0. The van der Waals surface area contributed by atoms with Crippen LogP contribution in [0, 0.1) is 5.51 Å². The molecule has 19 heavy (non-hydrogen) atoms. The third-order valence-electron chi connectivity index (χ3n) is 2.30. The zero-order valence-corrected chi connectivity index (χ0v) is 9.75. The molecule has 0 aliphatic heterocycles. The van der Waals surface area contributed by atoms with E-state index in [1.807, 2.05) is 0 Å². The number of alkyl halides is 6. The SMILES string of the molecule is FC(F)(F)c1ccc(-c2cn[c]s2)cc1C(F)(F)F. The second-order valence-corrected chi connectivity index (χ2v) is 4.40. The van der Waals surface area contributed by atoms with Gasteiger partial charge >= 0.3 is 12.4 Å². The van der Waals surface area contributed by atoms with E-state index in [1.165, 1.54) is 6.20 Å². The number of hydrogen-bond acceptors (Lipinski definition) is 2. The minimum Gasteiger partial charge on any atom is -0.241 e. The standard InChI is InChI=1S/C11H4F6NS/c12-10(13,14)7-2-1-6(9-4-18-5-19-9)3-8(7)11(15,16)17/h1-4H. The van der Waals surface area contributed by atoms with Crippen molar-refractivity contribution in [2.45, 2.75) is 12.4 Å². The highest BCUT2D eigenvalue weighted by Gasteiger charge is 2.43. The molecule has 0 unspecified atom stereocenters. The summed E-state index contributed by atoms with van der Waals surface area (Å²) in [6, 6.07) is 1.89. The predicted octanol–water partition coefficient (Wildman–Crippen LogP) is 4.65. The average molecular weight is 296 g/mol. The molecule has 0 aliphatic rings. The fraction of sp³-hybridized carbons (Fsp3) is 0.182. The van der Waals surface area contributed by atoms with E-state index in [0.717, 1.165) is 17.4 Å². The van der Waals surface area contributed by atoms with Crippen molar-refractivity contribution in [3.05, 3.63) is 41.0 Å². The lowest BCUT2D eigenvalue weighted by Gasteiger charge is -2.16. The van der Waals surface area contributed by atoms with Gasteiger partial charge in [0.05, 0.1) is 16.0 Å². The molecule has 0 amide bonds. The predicted molar refractivity (Wildman–Crippen MR) is 56.4 cm³/mol. The fourth-order valence-electron chi connectivity index (χ4n) is 1.50. The van der Waals surface area contributed by atoms with E-state index >= 15 is 0 Å². The van der Waals surface area contributed by atoms with Crippen molar-refractivity contribution < 1.29 is 26.3 Å². The maximum atomic E-state index is 12.7. The second-order valence-electron chi connectivity index (χ2n) is 3.57. The largest absolute Gasteiger partial charge is 0.417 e. The van der Waals surface area contributed by atoms with Gasteiger partial charge in [0, 0.05) is 6.20 Å². The summed E-state index contributed by atoms with van der Waals surface area (Å²) in [6.07, 6.45) is -8.88. The summed E-state index contributed by atoms with van der Waals surface area (Å²) < 4.78 is 75.7. The third kappa shape index (κ3) is 2.89. The van der Waals surface area contributed by atoms with Gasteiger partial charge in [-0.25, -0.2) is 4.98 Å². The second kappa shape index (κ2) is 4.52. The van der Waals surface area contributed by atoms with Crippen molar-refractivity contribution in [1.29, 1.82) is 0 Å². The van der Waals surface area contributed by atoms with Crippen molar-refractivity contribution in [3.63, 3.8) is 0 Å². The highest BCUT2D eigenvalue weighted by molar-refractivity contribution is 7.12. The Bertz CT molecular complexity index is 570. The minimum absolute atomic E-state index is 0.0269. The molecule has 1 nitrogen and oxygen atoms in total. The first-order chi connectivity index (χ1) is 8.69. The van der Waals surface area contributed by atoms with E-state index in [9.17, 15) is 26.3 Å². The molecule has 1 aromatic carbocycles. The monoisotopic (exact) mass is 296 g/mol. The van der Waals surface area contributed by atoms with Gasteiger partial charge in [-0.2, -0.15) is 26.3 Å². The molecule has 0 N–H and O–H groups in total. The van der Waals surface area contributed by atoms with Crippen LogP contribution in [0.1, 0.15) is 11.1 Å². The quantitative estimate of drug-likeness (QED) is 0.698. The number of aromatic nitrogens is 1. The molecule has 2 aromatic rings. The van der Waals surface area contributed by atoms with E-state index in [0.29, 0.717) is 17.0 Å². The van der Waals surface area contributed by atoms with Crippen LogP contribution in [0.3, 0.4) is 0 Å². The van der Waals surface area contributed by atoms with E-state index in [-0.39, 0.29) is 5.56 Å². The van der Waals surface area contributed by atoms with Gasteiger partial charge in [-0.15, -0.1) is 11.3 Å². The lowest BCUT2D eigenvalue weighted by Crippen LogP contribution is -2.16. The van der Waals surface area contributed by atoms with Gasteiger partial charge in [0.15, 0.2) is 5.51 Å². The van der Waals surface area contributed by atoms with Crippen LogP contribution >= 0.6 is 11.3 Å². The smallest absolute Gasteiger partial charge is 0.241 e. The molecule has 8 heteroatoms. The summed E-state index contributed by atoms with van der Waals surface area (Å²) in [7, 11) is 0. The van der Waals surface area contributed by atoms with Crippen LogP contribution in [0.15, 0.2) is 24.4 Å². The van der Waals surface area contributed by atoms with Crippen molar-refractivity contribution in [1.82, 2.24) is 4.98 Å². The number of halogens is 6. The molecule has 2 rings (SSSR count). The molecule has 0 aliphatic carbocycles. The third-order valence-corrected chi connectivity index (χ3v) is 3.06. The number of thiazole rings is 1. The molecule has 0 fully saturated rings. The topological polar surface area (TPSA) is 12.9 Å². The van der Waals surface area contributed by atoms with E-state index in [2.05, 4.69) is 10.5 Å². The van der Waals surface area contributed by atoms with Crippen LogP contribution < -0.4 is 0 Å². The van der Waals surface area contributed by atoms with Crippen LogP contribution in [0.25, 0.3) is 10.4 Å². The molecule has 101 valence electrons. The molecule has 1 aromatic heterocycles. The van der Waals surface area contributed by atoms with E-state index in [1.54, 1.807) is 0 Å². The fourth-order valence-corrected chi connectivity index (χ4v) is 2.05. The summed E-state index contributed by atoms with van der Waals surface area (Å²) in [5.41, 5.74) is -0.953. The van der Waals surface area contributed by atoms with Crippen LogP contribution in [0.4, 0.5) is 26.3 Å². The number of rotatable bonds is 1. The van der Waals surface area contributed by atoms with E-state index in [4.69, 9.17) is 0 Å². The Kier molecular flexibility index (Phi) is 3.29. The lowest BCUT2D eigenvalue weighted by molar-refractivity contribution is -0.162. The van der Waals surface area contributed by atoms with Crippen LogP contribution in [0.2, 0.25) is 0 Å². The summed E-state index contributed by atoms with van der Waals surface area (Å²) in [6.45, 7) is 0. The zero-order valence-electron chi connectivity index (χ0n) is 8.93. The number of nitrogens with zero attached hydrogens (tertiary/aromatic N) is 1. The minimum atomic E-state index is -5.07. The summed E-state index contributed by atoms with van der Waals surface area (Å²) in [5, 5.41) is 0. The highest BCUT2D eigenvalue weighted by atomic mass is 32.1. The van der Waals surface area contributed by atoms with Gasteiger partial charge in [-0.1, -0.05) is 6.07 Å². The van der Waals surface area contributed by atoms with Crippen molar-refractivity contribution in [3.8, 4) is 10.4 Å². The molecule has 1 radical (unpaired) electrons. The van der Waals surface area contributed by atoms with Gasteiger partial charge in [-0.3, -0.25) is 0 Å². The molecule has 0 atom stereocenters. The summed E-state index contributed by atoms with van der Waals surface area (Å²) >= 11 is 0.924. The molecule has 0 spiro atoms. The molecule has 0 bridgehead atoms. The maximum Gasteiger partial charge on any atom is 0.417 e. The average Bonchev–Trinajstić information content (AvgIpc) is 2.79. The Balaban J connectivity index is 2.61. The summed E-state index contributed by atoms with van der Waals surface area (Å²) in [4.78, 5) is 3.87. The molecule has 0 saturated heterocycles. The van der Waals surface area contributed by atoms with Gasteiger partial charge < -0.3 is 0 Å². The Morgan fingerprint density at radius 2 is 1.58 bits per heavy atom. The van der Waals surface area contributed by atoms with E-state index < -0.39 is 23.5 Å². The first kappa shape index (κ1) is 13.9. The Morgan fingerprint density at radius 1 is 0.947 bits per heavy atom. The van der Waals surface area contributed by atoms with Crippen LogP contribution in [-0.2, 0) is 12.4 Å². The first-order valence-corrected chi connectivity index (χ1v) is 5.62. The molecule has 0 saturated carbocycles. The lowest BCUT2D eigenvalue weighted by atomic mass is 10.0. The van der Waals surface area contributed by atoms with Crippen molar-refractivity contribution in [2.24, 2.45) is 0 Å². The number of hydrogen-bond donors (Lipinski definition) is 0. The van der Waals surface area contributed by atoms with Gasteiger partial charge in [0.1, 0.15) is 0 Å². The Morgan fingerprint density at radius 3 is 2.05 bits per heavy atom. The van der Waals surface area contributed by atoms with Gasteiger partial charge in [-0.05, 0) is 17.7 Å². The Hall–Kier alpha value is -1.57. The molecule has 1 heterocycles. The van der Waals surface area contributed by atoms with Gasteiger partial charge in [0.2, 0.25) is 0 Å². The Labute approximate surface area is 107 Å². The number of benzene rings is 1. The first-order valence-electron chi connectivity index (χ1n) is 4.80. The van der Waals surface area contributed by atoms with Crippen LogP contribution in [-0.4, -0.2) is 4.98 Å². The molecular weight excluding hydrogens is 292 g/mol. The van der Waals surface area contributed by atoms with Crippen molar-refractivity contribution in [2.75, 3.05) is 0 Å². The normalized spacial score (nSPS) is 12.7. The van der Waals surface area contributed by atoms with Gasteiger partial charge in [0.25, 0.3) is 0 Å². The maximum absolute atomic E-state index is 12.7. The van der Waals surface area contributed by atoms with Crippen molar-refractivity contribution >= 4 is 11.3 Å². The highest BCUT2D eigenvalue weighted by Crippen LogP contribution is 2.42.